The molecule has 0 saturated carbocycles. The van der Waals surface area contributed by atoms with Crippen molar-refractivity contribution < 1.29 is 19.2 Å². The highest BCUT2D eigenvalue weighted by molar-refractivity contribution is 5.88. The Morgan fingerprint density at radius 2 is 2.30 bits per heavy atom. The zero-order chi connectivity index (χ0) is 14.5. The summed E-state index contributed by atoms with van der Waals surface area (Å²) in [4.78, 5) is 26.0. The first-order valence-corrected chi connectivity index (χ1v) is 5.61. The Morgan fingerprint density at radius 1 is 1.50 bits per heavy atom. The van der Waals surface area contributed by atoms with Gasteiger partial charge in [0.15, 0.2) is 5.82 Å². The van der Waals surface area contributed by atoms with E-state index in [2.05, 4.69) is 25.9 Å². The van der Waals surface area contributed by atoms with Crippen molar-refractivity contribution in [3.8, 4) is 0 Å². The lowest BCUT2D eigenvalue weighted by Crippen LogP contribution is -2.28. The van der Waals surface area contributed by atoms with Gasteiger partial charge in [0.25, 0.3) is 0 Å². The second-order valence-electron chi connectivity index (χ2n) is 3.86. The molecule has 3 N–H and O–H groups in total. The molecule has 2 aromatic heterocycles. The Balaban J connectivity index is 1.82. The van der Waals surface area contributed by atoms with Gasteiger partial charge in [-0.05, 0) is 6.92 Å². The lowest BCUT2D eigenvalue weighted by atomic mass is 10.5. The number of rotatable bonds is 5. The molecule has 0 fully saturated rings. The Hall–Kier alpha value is -2.91. The average molecular weight is 280 g/mol. The quantitative estimate of drug-likeness (QED) is 0.700. The standard InChI is InChI=1S/C10H12N6O4/c1-6-13-8(20-15-6)3-11-10(19)14-7-2-12-16(4-7)5-9(17)18/h2,4H,3,5H2,1H3,(H,17,18)(H2,11,14,19). The predicted molar refractivity (Wildman–Crippen MR) is 64.8 cm³/mol. The monoisotopic (exact) mass is 280 g/mol. The van der Waals surface area contributed by atoms with E-state index in [1.54, 1.807) is 6.92 Å². The largest absolute Gasteiger partial charge is 0.480 e. The van der Waals surface area contributed by atoms with Crippen molar-refractivity contribution in [3.63, 3.8) is 0 Å². The van der Waals surface area contributed by atoms with Gasteiger partial charge in [-0.2, -0.15) is 10.1 Å². The number of carbonyl (C=O) groups excluding carboxylic acids is 1. The van der Waals surface area contributed by atoms with E-state index in [9.17, 15) is 9.59 Å². The van der Waals surface area contributed by atoms with E-state index in [1.165, 1.54) is 17.1 Å². The van der Waals surface area contributed by atoms with Crippen LogP contribution in [0.15, 0.2) is 16.9 Å². The van der Waals surface area contributed by atoms with Crippen molar-refractivity contribution in [1.29, 1.82) is 0 Å². The fraction of sp³-hybridized carbons (Fsp3) is 0.300. The number of amides is 2. The zero-order valence-electron chi connectivity index (χ0n) is 10.5. The highest BCUT2D eigenvalue weighted by Gasteiger charge is 2.08. The van der Waals surface area contributed by atoms with Crippen molar-refractivity contribution in [3.05, 3.63) is 24.1 Å². The second kappa shape index (κ2) is 5.82. The van der Waals surface area contributed by atoms with Crippen LogP contribution in [0.4, 0.5) is 10.5 Å². The van der Waals surface area contributed by atoms with E-state index in [4.69, 9.17) is 9.63 Å². The molecule has 2 amide bonds. The minimum absolute atomic E-state index is 0.0932. The van der Waals surface area contributed by atoms with Crippen LogP contribution < -0.4 is 10.6 Å². The fourth-order valence-electron chi connectivity index (χ4n) is 1.40. The molecule has 0 aromatic carbocycles. The molecule has 0 unspecified atom stereocenters. The van der Waals surface area contributed by atoms with E-state index >= 15 is 0 Å². The Bertz CT molecular complexity index is 619. The number of aromatic nitrogens is 4. The molecular formula is C10H12N6O4. The number of urea groups is 1. The van der Waals surface area contributed by atoms with Crippen LogP contribution in [0.5, 0.6) is 0 Å². The maximum atomic E-state index is 11.6. The number of aliphatic carboxylic acids is 1. The van der Waals surface area contributed by atoms with Gasteiger partial charge in [0.05, 0.1) is 18.4 Å². The van der Waals surface area contributed by atoms with Crippen LogP contribution >= 0.6 is 0 Å². The topological polar surface area (TPSA) is 135 Å². The van der Waals surface area contributed by atoms with Crippen LogP contribution in [0.25, 0.3) is 0 Å². The van der Waals surface area contributed by atoms with Crippen LogP contribution in [0.3, 0.4) is 0 Å². The van der Waals surface area contributed by atoms with Crippen LogP contribution in [-0.4, -0.2) is 37.0 Å². The van der Waals surface area contributed by atoms with E-state index in [0.717, 1.165) is 0 Å². The summed E-state index contributed by atoms with van der Waals surface area (Å²) in [7, 11) is 0. The first-order chi connectivity index (χ1) is 9.52. The maximum absolute atomic E-state index is 11.6. The summed E-state index contributed by atoms with van der Waals surface area (Å²) in [6.45, 7) is 1.49. The van der Waals surface area contributed by atoms with Crippen LogP contribution in [0.2, 0.25) is 0 Å². The predicted octanol–water partition coefficient (Wildman–Crippen LogP) is -0.0192. The molecule has 20 heavy (non-hydrogen) atoms. The lowest BCUT2D eigenvalue weighted by molar-refractivity contribution is -0.137. The third-order valence-corrected chi connectivity index (χ3v) is 2.16. The van der Waals surface area contributed by atoms with Gasteiger partial charge >= 0.3 is 12.0 Å². The van der Waals surface area contributed by atoms with Gasteiger partial charge in [0.1, 0.15) is 6.54 Å². The van der Waals surface area contributed by atoms with Gasteiger partial charge in [0.2, 0.25) is 5.89 Å². The summed E-state index contributed by atoms with van der Waals surface area (Å²) in [5.41, 5.74) is 0.380. The molecule has 0 atom stereocenters. The number of carboxylic acids is 1. The molecule has 0 radical (unpaired) electrons. The number of aryl methyl sites for hydroxylation is 1. The van der Waals surface area contributed by atoms with Crippen molar-refractivity contribution in [2.75, 3.05) is 5.32 Å². The number of carboxylic acid groups (broad SMARTS) is 1. The Kier molecular flexibility index (Phi) is 3.93. The Labute approximate surface area is 112 Å². The van der Waals surface area contributed by atoms with E-state index in [-0.39, 0.29) is 13.1 Å². The highest BCUT2D eigenvalue weighted by atomic mass is 16.5. The summed E-state index contributed by atoms with van der Waals surface area (Å²) in [5, 5.41) is 21.0. The normalized spacial score (nSPS) is 10.2. The Morgan fingerprint density at radius 3 is 2.95 bits per heavy atom. The van der Waals surface area contributed by atoms with Crippen LogP contribution in [0.1, 0.15) is 11.7 Å². The molecular weight excluding hydrogens is 268 g/mol. The molecule has 10 nitrogen and oxygen atoms in total. The molecule has 2 heterocycles. The molecule has 0 aliphatic carbocycles. The van der Waals surface area contributed by atoms with Crippen molar-refractivity contribution in [2.45, 2.75) is 20.0 Å². The van der Waals surface area contributed by atoms with Crippen LogP contribution in [-0.2, 0) is 17.9 Å². The molecule has 0 aliphatic rings. The smallest absolute Gasteiger partial charge is 0.325 e. The van der Waals surface area contributed by atoms with Gasteiger partial charge in [-0.15, -0.1) is 0 Å². The molecule has 0 bridgehead atoms. The maximum Gasteiger partial charge on any atom is 0.325 e. The van der Waals surface area contributed by atoms with E-state index in [0.29, 0.717) is 17.4 Å². The van der Waals surface area contributed by atoms with Crippen molar-refractivity contribution >= 4 is 17.7 Å². The van der Waals surface area contributed by atoms with Gasteiger partial charge in [0, 0.05) is 6.20 Å². The van der Waals surface area contributed by atoms with E-state index < -0.39 is 12.0 Å². The third kappa shape index (κ3) is 3.80. The number of anilines is 1. The molecule has 0 aliphatic heterocycles. The third-order valence-electron chi connectivity index (χ3n) is 2.16. The lowest BCUT2D eigenvalue weighted by Gasteiger charge is -2.02. The molecule has 2 rings (SSSR count). The second-order valence-corrected chi connectivity index (χ2v) is 3.86. The molecule has 106 valence electrons. The van der Waals surface area contributed by atoms with Crippen molar-refractivity contribution in [2.24, 2.45) is 0 Å². The first kappa shape index (κ1) is 13.5. The van der Waals surface area contributed by atoms with Crippen molar-refractivity contribution in [1.82, 2.24) is 25.2 Å². The average Bonchev–Trinajstić information content (AvgIpc) is 2.95. The summed E-state index contributed by atoms with van der Waals surface area (Å²) >= 11 is 0. The molecule has 0 saturated heterocycles. The SMILES string of the molecule is Cc1noc(CNC(=O)Nc2cnn(CC(=O)O)c2)n1. The summed E-state index contributed by atoms with van der Waals surface area (Å²) in [5.74, 6) is -0.243. The number of carbonyl (C=O) groups is 2. The molecule has 2 aromatic rings. The number of hydrogen-bond acceptors (Lipinski definition) is 6. The van der Waals surface area contributed by atoms with Gasteiger partial charge in [-0.25, -0.2) is 4.79 Å². The zero-order valence-corrected chi connectivity index (χ0v) is 10.5. The number of nitrogens with zero attached hydrogens (tertiary/aromatic N) is 4. The van der Waals surface area contributed by atoms with E-state index in [1.807, 2.05) is 0 Å². The summed E-state index contributed by atoms with van der Waals surface area (Å²) < 4.78 is 6.02. The van der Waals surface area contributed by atoms with Gasteiger partial charge < -0.3 is 20.3 Å². The van der Waals surface area contributed by atoms with Gasteiger partial charge in [-0.1, -0.05) is 5.16 Å². The number of hydrogen-bond donors (Lipinski definition) is 3. The highest BCUT2D eigenvalue weighted by Crippen LogP contribution is 2.04. The first-order valence-electron chi connectivity index (χ1n) is 5.61. The van der Waals surface area contributed by atoms with Gasteiger partial charge in [-0.3, -0.25) is 9.48 Å². The summed E-state index contributed by atoms with van der Waals surface area (Å²) in [6.07, 6.45) is 2.75. The number of nitrogens with one attached hydrogen (secondary N) is 2. The molecule has 10 heteroatoms. The summed E-state index contributed by atoms with van der Waals surface area (Å²) in [6, 6.07) is -0.490. The molecule has 0 spiro atoms. The minimum Gasteiger partial charge on any atom is -0.480 e. The van der Waals surface area contributed by atoms with Crippen LogP contribution in [0, 0.1) is 6.92 Å². The fourth-order valence-corrected chi connectivity index (χ4v) is 1.40. The minimum atomic E-state index is -1.02.